The highest BCUT2D eigenvalue weighted by atomic mass is 16.5. The molecule has 0 saturated carbocycles. The molecule has 10 heteroatoms. The fourth-order valence-electron chi connectivity index (χ4n) is 6.12. The van der Waals surface area contributed by atoms with Crippen molar-refractivity contribution in [3.05, 3.63) is 77.6 Å². The van der Waals surface area contributed by atoms with Crippen molar-refractivity contribution in [3.8, 4) is 23.0 Å². The lowest BCUT2D eigenvalue weighted by Crippen LogP contribution is -2.38. The van der Waals surface area contributed by atoms with Crippen LogP contribution in [-0.4, -0.2) is 93.1 Å². The number of fused-ring (bicyclic) bond motifs is 1. The molecular formula is C35H42N4O6. The summed E-state index contributed by atoms with van der Waals surface area (Å²) in [5.41, 5.74) is 3.26. The topological polar surface area (TPSA) is 106 Å². The summed E-state index contributed by atoms with van der Waals surface area (Å²) in [6.45, 7) is 3.02. The third kappa shape index (κ3) is 7.23. The summed E-state index contributed by atoms with van der Waals surface area (Å²) in [6, 6.07) is 19.1. The number of carbonyl (C=O) groups is 2. The van der Waals surface area contributed by atoms with Gasteiger partial charge in [-0.15, -0.1) is 0 Å². The van der Waals surface area contributed by atoms with Crippen LogP contribution < -0.4 is 18.9 Å². The first-order valence-corrected chi connectivity index (χ1v) is 15.3. The highest BCUT2D eigenvalue weighted by Crippen LogP contribution is 2.38. The van der Waals surface area contributed by atoms with Gasteiger partial charge in [-0.1, -0.05) is 24.3 Å². The zero-order valence-electron chi connectivity index (χ0n) is 26.7. The van der Waals surface area contributed by atoms with Crippen LogP contribution in [0.1, 0.15) is 51.7 Å². The average Bonchev–Trinajstić information content (AvgIpc) is 3.53. The molecule has 1 N–H and O–H groups in total. The summed E-state index contributed by atoms with van der Waals surface area (Å²) in [6.07, 6.45) is 2.42. The smallest absolute Gasteiger partial charge is 0.253 e. The molecule has 0 radical (unpaired) electrons. The molecule has 1 saturated heterocycles. The molecule has 0 aliphatic carbocycles. The van der Waals surface area contributed by atoms with Gasteiger partial charge < -0.3 is 33.7 Å². The van der Waals surface area contributed by atoms with Crippen LogP contribution in [0.4, 0.5) is 0 Å². The number of para-hydroxylation sites is 2. The lowest BCUT2D eigenvalue weighted by Gasteiger charge is -2.33. The van der Waals surface area contributed by atoms with Crippen molar-refractivity contribution in [2.45, 2.75) is 25.2 Å². The molecule has 0 bridgehead atoms. The van der Waals surface area contributed by atoms with Gasteiger partial charge in [0.1, 0.15) is 5.75 Å². The molecule has 3 aromatic carbocycles. The van der Waals surface area contributed by atoms with Gasteiger partial charge in [0.25, 0.3) is 5.91 Å². The van der Waals surface area contributed by atoms with Crippen LogP contribution in [0.2, 0.25) is 0 Å². The van der Waals surface area contributed by atoms with Crippen LogP contribution >= 0.6 is 0 Å². The number of amides is 1. The number of ether oxygens (including phenoxy) is 4. The first-order chi connectivity index (χ1) is 21.8. The first-order valence-electron chi connectivity index (χ1n) is 15.3. The van der Waals surface area contributed by atoms with Crippen LogP contribution in [0.5, 0.6) is 23.0 Å². The Hall–Kier alpha value is -4.57. The lowest BCUT2D eigenvalue weighted by molar-refractivity contribution is 0.0779. The average molecular weight is 615 g/mol. The van der Waals surface area contributed by atoms with E-state index in [1.807, 2.05) is 49.5 Å². The van der Waals surface area contributed by atoms with E-state index in [0.717, 1.165) is 61.2 Å². The van der Waals surface area contributed by atoms with Crippen LogP contribution in [0.3, 0.4) is 0 Å². The number of benzene rings is 3. The van der Waals surface area contributed by atoms with Crippen LogP contribution in [-0.2, 0) is 0 Å². The molecule has 238 valence electrons. The van der Waals surface area contributed by atoms with Crippen LogP contribution in [0.15, 0.2) is 60.7 Å². The molecular weight excluding hydrogens is 572 g/mol. The van der Waals surface area contributed by atoms with Crippen molar-refractivity contribution in [3.63, 3.8) is 0 Å². The summed E-state index contributed by atoms with van der Waals surface area (Å²) >= 11 is 0. The van der Waals surface area contributed by atoms with E-state index >= 15 is 0 Å². The highest BCUT2D eigenvalue weighted by Gasteiger charge is 2.29. The number of likely N-dealkylation sites (N-methyl/N-ethyl adjacent to an activating group) is 1. The minimum absolute atomic E-state index is 0.0433. The van der Waals surface area contributed by atoms with Gasteiger partial charge in [-0.05, 0) is 80.9 Å². The standard InChI is InChI=1S/C35H42N4O6/c1-38(35(41)26-20-30(43-3)33(45-5)31(21-26)44-4)22-25(24-9-8-10-27(19-24)42-2)15-18-39-16-13-23(14-17-39)32(40)34-36-28-11-6-7-12-29(28)37-34/h6-12,19-21,23,25H,13-18,22H2,1-5H3,(H,36,37). The van der Waals surface area contributed by atoms with Crippen molar-refractivity contribution in [2.75, 3.05) is 61.7 Å². The second-order valence-corrected chi connectivity index (χ2v) is 11.4. The Bertz CT molecular complexity index is 1570. The van der Waals surface area contributed by atoms with Gasteiger partial charge in [0.2, 0.25) is 11.5 Å². The SMILES string of the molecule is COc1cccc(C(CCN2CCC(C(=O)c3nc4ccccc4[nH]3)CC2)CN(C)C(=O)c2cc(OC)c(OC)c(OC)c2)c1. The van der Waals surface area contributed by atoms with E-state index in [1.165, 1.54) is 21.3 Å². The van der Waals surface area contributed by atoms with Crippen LogP contribution in [0, 0.1) is 5.92 Å². The Morgan fingerprint density at radius 1 is 0.933 bits per heavy atom. The van der Waals surface area contributed by atoms with E-state index < -0.39 is 0 Å². The zero-order valence-corrected chi connectivity index (χ0v) is 26.7. The van der Waals surface area contributed by atoms with Gasteiger partial charge in [-0.25, -0.2) is 4.98 Å². The molecule has 2 heterocycles. The normalized spacial score (nSPS) is 14.6. The molecule has 1 aliphatic rings. The maximum absolute atomic E-state index is 13.6. The third-order valence-electron chi connectivity index (χ3n) is 8.69. The number of piperidine rings is 1. The Labute approximate surface area is 264 Å². The number of rotatable bonds is 13. The lowest BCUT2D eigenvalue weighted by atomic mass is 9.90. The molecule has 4 aromatic rings. The number of ketones is 1. The zero-order chi connectivity index (χ0) is 31.9. The first kappa shape index (κ1) is 31.8. The molecule has 1 unspecified atom stereocenters. The molecule has 1 aliphatic heterocycles. The van der Waals surface area contributed by atoms with Gasteiger partial charge >= 0.3 is 0 Å². The van der Waals surface area contributed by atoms with E-state index in [-0.39, 0.29) is 23.5 Å². The van der Waals surface area contributed by atoms with Crippen molar-refractivity contribution < 1.29 is 28.5 Å². The van der Waals surface area contributed by atoms with Crippen molar-refractivity contribution in [1.29, 1.82) is 0 Å². The number of hydrogen-bond acceptors (Lipinski definition) is 8. The van der Waals surface area contributed by atoms with E-state index in [4.69, 9.17) is 18.9 Å². The second-order valence-electron chi connectivity index (χ2n) is 11.4. The van der Waals surface area contributed by atoms with E-state index in [2.05, 4.69) is 20.9 Å². The Morgan fingerprint density at radius 3 is 2.29 bits per heavy atom. The quantitative estimate of drug-likeness (QED) is 0.199. The number of methoxy groups -OCH3 is 4. The number of nitrogens with zero attached hydrogens (tertiary/aromatic N) is 3. The fraction of sp³-hybridized carbons (Fsp3) is 0.400. The fourth-order valence-corrected chi connectivity index (χ4v) is 6.12. The third-order valence-corrected chi connectivity index (χ3v) is 8.69. The largest absolute Gasteiger partial charge is 0.497 e. The van der Waals surface area contributed by atoms with Crippen molar-refractivity contribution in [2.24, 2.45) is 5.92 Å². The molecule has 45 heavy (non-hydrogen) atoms. The number of imidazole rings is 1. The van der Waals surface area contributed by atoms with E-state index in [1.54, 1.807) is 24.1 Å². The predicted molar refractivity (Wildman–Crippen MR) is 173 cm³/mol. The molecule has 10 nitrogen and oxygen atoms in total. The molecule has 5 rings (SSSR count). The van der Waals surface area contributed by atoms with Gasteiger partial charge in [0, 0.05) is 31.0 Å². The minimum atomic E-state index is -0.146. The summed E-state index contributed by atoms with van der Waals surface area (Å²) < 4.78 is 21.9. The Morgan fingerprint density at radius 2 is 1.64 bits per heavy atom. The van der Waals surface area contributed by atoms with E-state index in [0.29, 0.717) is 35.2 Å². The molecule has 1 atom stereocenters. The summed E-state index contributed by atoms with van der Waals surface area (Å²) in [5.74, 6) is 2.49. The predicted octanol–water partition coefficient (Wildman–Crippen LogP) is 5.44. The summed E-state index contributed by atoms with van der Waals surface area (Å²) in [7, 11) is 8.07. The maximum Gasteiger partial charge on any atom is 0.253 e. The van der Waals surface area contributed by atoms with Crippen LogP contribution in [0.25, 0.3) is 11.0 Å². The Kier molecular flexibility index (Phi) is 10.2. The summed E-state index contributed by atoms with van der Waals surface area (Å²) in [4.78, 5) is 38.7. The number of carbonyl (C=O) groups excluding carboxylic acids is 2. The molecule has 1 fully saturated rings. The van der Waals surface area contributed by atoms with Gasteiger partial charge in [0.05, 0.1) is 39.5 Å². The maximum atomic E-state index is 13.6. The monoisotopic (exact) mass is 614 g/mol. The summed E-state index contributed by atoms with van der Waals surface area (Å²) in [5, 5.41) is 0. The minimum Gasteiger partial charge on any atom is -0.497 e. The van der Waals surface area contributed by atoms with Gasteiger partial charge in [-0.3, -0.25) is 9.59 Å². The number of aromatic amines is 1. The Balaban J connectivity index is 1.25. The number of hydrogen-bond donors (Lipinski definition) is 1. The number of aromatic nitrogens is 2. The second kappa shape index (κ2) is 14.5. The van der Waals surface area contributed by atoms with Gasteiger partial charge in [-0.2, -0.15) is 0 Å². The molecule has 0 spiro atoms. The van der Waals surface area contributed by atoms with Gasteiger partial charge in [0.15, 0.2) is 17.3 Å². The van der Waals surface area contributed by atoms with E-state index in [9.17, 15) is 9.59 Å². The van der Waals surface area contributed by atoms with Crippen molar-refractivity contribution in [1.82, 2.24) is 19.8 Å². The number of Topliss-reactive ketones (excluding diaryl/α,β-unsaturated/α-hetero) is 1. The van der Waals surface area contributed by atoms with Crippen molar-refractivity contribution >= 4 is 22.7 Å². The number of H-pyrrole nitrogens is 1. The molecule has 1 aromatic heterocycles. The number of likely N-dealkylation sites (tertiary alicyclic amines) is 1. The highest BCUT2D eigenvalue weighted by molar-refractivity contribution is 5.97. The molecule has 1 amide bonds. The number of nitrogens with one attached hydrogen (secondary N) is 1.